The van der Waals surface area contributed by atoms with Gasteiger partial charge in [0.05, 0.1) is 11.8 Å². The Balaban J connectivity index is 1.43. The monoisotopic (exact) mass is 345 g/mol. The summed E-state index contributed by atoms with van der Waals surface area (Å²) >= 11 is 0. The van der Waals surface area contributed by atoms with E-state index in [4.69, 9.17) is 0 Å². The number of anilines is 1. The van der Waals surface area contributed by atoms with Crippen LogP contribution >= 0.6 is 0 Å². The van der Waals surface area contributed by atoms with Crippen molar-refractivity contribution in [1.29, 1.82) is 0 Å². The van der Waals surface area contributed by atoms with Crippen LogP contribution in [0, 0.1) is 0 Å². The van der Waals surface area contributed by atoms with Gasteiger partial charge in [-0.25, -0.2) is 4.68 Å². The second-order valence-electron chi connectivity index (χ2n) is 6.28. The van der Waals surface area contributed by atoms with Gasteiger partial charge < -0.3 is 4.90 Å². The first-order chi connectivity index (χ1) is 11.7. The Morgan fingerprint density at radius 2 is 2.12 bits per heavy atom. The molecule has 126 valence electrons. The lowest BCUT2D eigenvalue weighted by molar-refractivity contribution is -0.116. The van der Waals surface area contributed by atoms with Crippen molar-refractivity contribution in [3.8, 4) is 0 Å². The molecule has 1 aromatic carbocycles. The molecule has 24 heavy (non-hydrogen) atoms. The molecule has 7 nitrogen and oxygen atoms in total. The van der Waals surface area contributed by atoms with Gasteiger partial charge in [0.15, 0.2) is 5.82 Å². The highest BCUT2D eigenvalue weighted by Gasteiger charge is 2.29. The van der Waals surface area contributed by atoms with Crippen LogP contribution in [0.15, 0.2) is 24.3 Å². The number of rotatable bonds is 5. The highest BCUT2D eigenvalue weighted by atomic mass is 32.2. The molecule has 0 N–H and O–H groups in total. The molecular formula is C16H19N5O2S. The number of amides is 1. The van der Waals surface area contributed by atoms with E-state index in [1.54, 1.807) is 9.58 Å². The van der Waals surface area contributed by atoms with E-state index in [0.29, 0.717) is 18.4 Å². The normalized spacial score (nSPS) is 18.2. The molecule has 1 aliphatic heterocycles. The zero-order valence-electron chi connectivity index (χ0n) is 13.3. The minimum Gasteiger partial charge on any atom is -0.311 e. The Bertz CT molecular complexity index is 786. The van der Waals surface area contributed by atoms with Gasteiger partial charge >= 0.3 is 0 Å². The molecule has 1 atom stereocenters. The molecule has 4 rings (SSSR count). The smallest absolute Gasteiger partial charge is 0.239 e. The molecule has 1 aliphatic carbocycles. The minimum absolute atomic E-state index is 0.00581. The van der Waals surface area contributed by atoms with E-state index < -0.39 is 10.8 Å². The number of tetrazole rings is 1. The first-order valence-electron chi connectivity index (χ1n) is 8.22. The van der Waals surface area contributed by atoms with E-state index in [2.05, 4.69) is 21.6 Å². The number of carbonyl (C=O) groups excluding carboxylic acids is 1. The summed E-state index contributed by atoms with van der Waals surface area (Å²) in [7, 11) is -1.31. The fourth-order valence-corrected chi connectivity index (χ4v) is 4.12. The molecule has 0 unspecified atom stereocenters. The average Bonchev–Trinajstić information content (AvgIpc) is 3.34. The maximum atomic E-state index is 12.6. The maximum absolute atomic E-state index is 12.6. The summed E-state index contributed by atoms with van der Waals surface area (Å²) in [6.07, 6.45) is 4.05. The standard InChI is InChI=1S/C16H19N5O2S/c22-16(20-9-3-5-12-4-1-2-6-14(12)20)11-24(23)10-15-17-18-19-21(15)13-7-8-13/h1-2,4,6,13H,3,5,7-11H2/t24-/m0/s1. The molecule has 1 amide bonds. The zero-order valence-corrected chi connectivity index (χ0v) is 14.1. The molecule has 8 heteroatoms. The first-order valence-corrected chi connectivity index (χ1v) is 9.71. The zero-order chi connectivity index (χ0) is 16.5. The van der Waals surface area contributed by atoms with E-state index in [1.165, 1.54) is 5.56 Å². The lowest BCUT2D eigenvalue weighted by Crippen LogP contribution is -2.38. The number of nitrogens with zero attached hydrogens (tertiary/aromatic N) is 5. The SMILES string of the molecule is O=C(C[S@@](=O)Cc1nnnn1C1CC1)N1CCCc2ccccc21. The molecule has 2 aromatic rings. The van der Waals surface area contributed by atoms with Gasteiger partial charge in [0.1, 0.15) is 5.75 Å². The molecular weight excluding hydrogens is 326 g/mol. The summed E-state index contributed by atoms with van der Waals surface area (Å²) in [6, 6.07) is 8.28. The van der Waals surface area contributed by atoms with Gasteiger partial charge in [-0.15, -0.1) is 5.10 Å². The highest BCUT2D eigenvalue weighted by molar-refractivity contribution is 7.84. The van der Waals surface area contributed by atoms with Gasteiger partial charge in [-0.05, 0) is 47.7 Å². The second kappa shape index (κ2) is 6.43. The Kier molecular flexibility index (Phi) is 4.13. The second-order valence-corrected chi connectivity index (χ2v) is 7.73. The fraction of sp³-hybridized carbons (Fsp3) is 0.500. The highest BCUT2D eigenvalue weighted by Crippen LogP contribution is 2.34. The molecule has 1 fully saturated rings. The van der Waals surface area contributed by atoms with Crippen molar-refractivity contribution in [3.05, 3.63) is 35.7 Å². The number of benzene rings is 1. The van der Waals surface area contributed by atoms with Crippen LogP contribution in [0.5, 0.6) is 0 Å². The van der Waals surface area contributed by atoms with Gasteiger partial charge in [0.25, 0.3) is 0 Å². The number of hydrogen-bond donors (Lipinski definition) is 0. The van der Waals surface area contributed by atoms with Crippen molar-refractivity contribution in [2.24, 2.45) is 0 Å². The summed E-state index contributed by atoms with van der Waals surface area (Å²) < 4.78 is 14.2. The quantitative estimate of drug-likeness (QED) is 0.814. The van der Waals surface area contributed by atoms with Crippen molar-refractivity contribution >= 4 is 22.4 Å². The van der Waals surface area contributed by atoms with Crippen molar-refractivity contribution in [3.63, 3.8) is 0 Å². The van der Waals surface area contributed by atoms with Crippen molar-refractivity contribution in [1.82, 2.24) is 20.2 Å². The number of fused-ring (bicyclic) bond motifs is 1. The van der Waals surface area contributed by atoms with Crippen LogP contribution in [0.1, 0.15) is 36.7 Å². The predicted molar refractivity (Wildman–Crippen MR) is 89.9 cm³/mol. The van der Waals surface area contributed by atoms with Gasteiger partial charge in [-0.1, -0.05) is 18.2 Å². The fourth-order valence-electron chi connectivity index (χ4n) is 3.11. The number of para-hydroxylation sites is 1. The maximum Gasteiger partial charge on any atom is 0.239 e. The van der Waals surface area contributed by atoms with Crippen molar-refractivity contribution in [2.45, 2.75) is 37.5 Å². The Hall–Kier alpha value is -2.09. The van der Waals surface area contributed by atoms with Crippen molar-refractivity contribution < 1.29 is 9.00 Å². The minimum atomic E-state index is -1.31. The van der Waals surface area contributed by atoms with Crippen LogP contribution in [0.2, 0.25) is 0 Å². The van der Waals surface area contributed by atoms with E-state index >= 15 is 0 Å². The summed E-state index contributed by atoms with van der Waals surface area (Å²) in [5.41, 5.74) is 2.13. The topological polar surface area (TPSA) is 81.0 Å². The molecule has 0 spiro atoms. The lowest BCUT2D eigenvalue weighted by atomic mass is 10.0. The number of hydrogen-bond acceptors (Lipinski definition) is 5. The first kappa shape index (κ1) is 15.4. The average molecular weight is 345 g/mol. The third-order valence-electron chi connectivity index (χ3n) is 4.44. The molecule has 0 bridgehead atoms. The Morgan fingerprint density at radius 3 is 2.96 bits per heavy atom. The van der Waals surface area contributed by atoms with Crippen LogP contribution < -0.4 is 4.90 Å². The van der Waals surface area contributed by atoms with Crippen LogP contribution in [0.4, 0.5) is 5.69 Å². The Labute approximate surface area is 142 Å². The molecule has 1 saturated carbocycles. The molecule has 1 aromatic heterocycles. The third kappa shape index (κ3) is 3.10. The van der Waals surface area contributed by atoms with Gasteiger partial charge in [-0.3, -0.25) is 9.00 Å². The molecule has 2 heterocycles. The third-order valence-corrected chi connectivity index (χ3v) is 5.59. The predicted octanol–water partition coefficient (Wildman–Crippen LogP) is 1.24. The number of aromatic nitrogens is 4. The van der Waals surface area contributed by atoms with Gasteiger partial charge in [-0.2, -0.15) is 0 Å². The van der Waals surface area contributed by atoms with Crippen LogP contribution in [0.25, 0.3) is 0 Å². The van der Waals surface area contributed by atoms with Gasteiger partial charge in [0, 0.05) is 23.0 Å². The summed E-state index contributed by atoms with van der Waals surface area (Å²) in [4.78, 5) is 14.4. The number of aryl methyl sites for hydroxylation is 1. The summed E-state index contributed by atoms with van der Waals surface area (Å²) in [5, 5.41) is 11.6. The van der Waals surface area contributed by atoms with Crippen LogP contribution in [0.3, 0.4) is 0 Å². The number of carbonyl (C=O) groups is 1. The van der Waals surface area contributed by atoms with E-state index in [9.17, 15) is 9.00 Å². The largest absolute Gasteiger partial charge is 0.311 e. The van der Waals surface area contributed by atoms with E-state index in [-0.39, 0.29) is 17.4 Å². The van der Waals surface area contributed by atoms with Crippen molar-refractivity contribution in [2.75, 3.05) is 17.2 Å². The Morgan fingerprint density at radius 1 is 1.29 bits per heavy atom. The van der Waals surface area contributed by atoms with Crippen LogP contribution in [-0.2, 0) is 27.8 Å². The summed E-state index contributed by atoms with van der Waals surface area (Å²) in [6.45, 7) is 0.687. The van der Waals surface area contributed by atoms with Crippen LogP contribution in [-0.4, -0.2) is 42.6 Å². The lowest BCUT2D eigenvalue weighted by Gasteiger charge is -2.29. The summed E-state index contributed by atoms with van der Waals surface area (Å²) in [5.74, 6) is 0.755. The van der Waals surface area contributed by atoms with E-state index in [1.807, 2.05) is 18.2 Å². The molecule has 0 saturated heterocycles. The molecule has 0 radical (unpaired) electrons. The van der Waals surface area contributed by atoms with E-state index in [0.717, 1.165) is 31.4 Å². The van der Waals surface area contributed by atoms with Gasteiger partial charge in [0.2, 0.25) is 5.91 Å². The molecule has 2 aliphatic rings.